The second-order valence-electron chi connectivity index (χ2n) is 8.28. The number of hydrogen-bond acceptors (Lipinski definition) is 1. The van der Waals surface area contributed by atoms with E-state index in [0.717, 1.165) is 11.2 Å². The Morgan fingerprint density at radius 3 is 2.18 bits per heavy atom. The Morgan fingerprint density at radius 2 is 1.43 bits per heavy atom. The van der Waals surface area contributed by atoms with Gasteiger partial charge in [0.1, 0.15) is 11.2 Å². The molecule has 0 amide bonds. The molecule has 0 aliphatic carbocycles. The quantitative estimate of drug-likeness (QED) is 0.307. The van der Waals surface area contributed by atoms with E-state index in [0.29, 0.717) is 0 Å². The largest absolute Gasteiger partial charge is 0.455 e. The van der Waals surface area contributed by atoms with Crippen LogP contribution >= 0.6 is 0 Å². The molecule has 142 valence electrons. The van der Waals surface area contributed by atoms with E-state index in [-0.39, 0.29) is 5.54 Å². The van der Waals surface area contributed by atoms with Crippen molar-refractivity contribution in [2.24, 2.45) is 0 Å². The number of hydrogen-bond donors (Lipinski definition) is 0. The number of para-hydroxylation sites is 2. The van der Waals surface area contributed by atoms with E-state index in [1.165, 1.54) is 58.3 Å². The monoisotopic (exact) mass is 369 g/mol. The molecule has 0 N–H and O–H groups in total. The average molecular weight is 370 g/mol. The van der Waals surface area contributed by atoms with Crippen molar-refractivity contribution in [3.05, 3.63) is 60.7 Å². The van der Waals surface area contributed by atoms with Crippen LogP contribution in [-0.2, 0) is 5.54 Å². The zero-order chi connectivity index (χ0) is 19.3. The van der Waals surface area contributed by atoms with Gasteiger partial charge < -0.3 is 8.98 Å². The number of benzene rings is 3. The Balaban J connectivity index is 1.97. The lowest BCUT2D eigenvalue weighted by Gasteiger charge is -2.33. The summed E-state index contributed by atoms with van der Waals surface area (Å²) in [5.41, 5.74) is 4.69. The maximum Gasteiger partial charge on any atom is 0.145 e. The van der Waals surface area contributed by atoms with Crippen LogP contribution in [0.3, 0.4) is 0 Å². The summed E-state index contributed by atoms with van der Waals surface area (Å²) in [6.07, 6.45) is 4.70. The molecule has 0 saturated heterocycles. The number of nitrogens with zero attached hydrogens (tertiary/aromatic N) is 1. The fourth-order valence-corrected chi connectivity index (χ4v) is 5.24. The minimum absolute atomic E-state index is 0.102. The van der Waals surface area contributed by atoms with Crippen LogP contribution in [0.2, 0.25) is 0 Å². The molecule has 0 bridgehead atoms. The number of rotatable bonds is 5. The molecular weight excluding hydrogens is 342 g/mol. The molecule has 28 heavy (non-hydrogen) atoms. The Labute approximate surface area is 165 Å². The van der Waals surface area contributed by atoms with E-state index in [2.05, 4.69) is 79.9 Å². The van der Waals surface area contributed by atoms with Crippen LogP contribution in [0.15, 0.2) is 65.1 Å². The average Bonchev–Trinajstić information content (AvgIpc) is 3.24. The summed E-state index contributed by atoms with van der Waals surface area (Å²) in [6, 6.07) is 21.7. The van der Waals surface area contributed by atoms with Crippen molar-refractivity contribution in [2.75, 3.05) is 0 Å². The smallest absolute Gasteiger partial charge is 0.145 e. The fraction of sp³-hybridized carbons (Fsp3) is 0.308. The molecule has 2 aromatic heterocycles. The summed E-state index contributed by atoms with van der Waals surface area (Å²) in [5.74, 6) is 0. The van der Waals surface area contributed by atoms with Crippen LogP contribution in [0, 0.1) is 0 Å². The molecule has 5 aromatic rings. The molecular formula is C26H27NO. The Kier molecular flexibility index (Phi) is 3.97. The van der Waals surface area contributed by atoms with E-state index in [1.54, 1.807) is 0 Å². The first-order valence-corrected chi connectivity index (χ1v) is 10.5. The zero-order valence-corrected chi connectivity index (χ0v) is 17.0. The molecule has 0 fully saturated rings. The van der Waals surface area contributed by atoms with Crippen LogP contribution < -0.4 is 0 Å². The van der Waals surface area contributed by atoms with Crippen LogP contribution in [-0.4, -0.2) is 4.57 Å². The lowest BCUT2D eigenvalue weighted by molar-refractivity contribution is 0.281. The van der Waals surface area contributed by atoms with E-state index in [4.69, 9.17) is 4.42 Å². The van der Waals surface area contributed by atoms with Gasteiger partial charge in [-0.1, -0.05) is 63.1 Å². The molecule has 0 saturated carbocycles. The third-order valence-corrected chi connectivity index (χ3v) is 6.30. The van der Waals surface area contributed by atoms with Crippen molar-refractivity contribution in [3.8, 4) is 0 Å². The summed E-state index contributed by atoms with van der Waals surface area (Å²) in [4.78, 5) is 0. The van der Waals surface area contributed by atoms with Gasteiger partial charge in [0.2, 0.25) is 0 Å². The summed E-state index contributed by atoms with van der Waals surface area (Å²) in [7, 11) is 0. The third-order valence-electron chi connectivity index (χ3n) is 6.30. The van der Waals surface area contributed by atoms with Gasteiger partial charge in [-0.3, -0.25) is 0 Å². The number of furan rings is 1. The van der Waals surface area contributed by atoms with Gasteiger partial charge in [-0.2, -0.15) is 0 Å². The maximum atomic E-state index is 6.41. The summed E-state index contributed by atoms with van der Waals surface area (Å²) in [6.45, 7) is 7.01. The molecule has 0 radical (unpaired) electrons. The first-order valence-electron chi connectivity index (χ1n) is 10.5. The van der Waals surface area contributed by atoms with Crippen LogP contribution in [0.25, 0.3) is 43.7 Å². The van der Waals surface area contributed by atoms with Crippen molar-refractivity contribution in [1.29, 1.82) is 0 Å². The van der Waals surface area contributed by atoms with E-state index >= 15 is 0 Å². The van der Waals surface area contributed by atoms with Crippen molar-refractivity contribution in [1.82, 2.24) is 4.57 Å². The van der Waals surface area contributed by atoms with Crippen LogP contribution in [0.5, 0.6) is 0 Å². The zero-order valence-electron chi connectivity index (χ0n) is 17.0. The Bertz CT molecular complexity index is 1300. The highest BCUT2D eigenvalue weighted by Crippen LogP contribution is 2.43. The SMILES string of the molecule is CCCC(C)(CCC)n1c2ccccc2c2c3oc4ccccc4c3ccc21. The molecule has 5 rings (SSSR count). The molecule has 0 aliphatic heterocycles. The van der Waals surface area contributed by atoms with Gasteiger partial charge in [0.15, 0.2) is 0 Å². The topological polar surface area (TPSA) is 18.1 Å². The lowest BCUT2D eigenvalue weighted by Crippen LogP contribution is -2.29. The molecule has 0 atom stereocenters. The molecule has 0 spiro atoms. The second kappa shape index (κ2) is 6.41. The predicted molar refractivity (Wildman–Crippen MR) is 120 cm³/mol. The van der Waals surface area contributed by atoms with Gasteiger partial charge in [0.25, 0.3) is 0 Å². The van der Waals surface area contributed by atoms with Gasteiger partial charge in [-0.25, -0.2) is 0 Å². The molecule has 2 heterocycles. The highest BCUT2D eigenvalue weighted by Gasteiger charge is 2.29. The number of fused-ring (bicyclic) bond motifs is 7. The Morgan fingerprint density at radius 1 is 0.750 bits per heavy atom. The van der Waals surface area contributed by atoms with Gasteiger partial charge in [-0.15, -0.1) is 0 Å². The Hall–Kier alpha value is -2.74. The number of aromatic nitrogens is 1. The summed E-state index contributed by atoms with van der Waals surface area (Å²) < 4.78 is 9.00. The normalized spacial score (nSPS) is 12.7. The van der Waals surface area contributed by atoms with E-state index in [1.807, 2.05) is 6.07 Å². The van der Waals surface area contributed by atoms with E-state index in [9.17, 15) is 0 Å². The first kappa shape index (κ1) is 17.4. The van der Waals surface area contributed by atoms with Gasteiger partial charge in [0, 0.05) is 27.2 Å². The predicted octanol–water partition coefficient (Wildman–Crippen LogP) is 8.01. The van der Waals surface area contributed by atoms with Crippen LogP contribution in [0.4, 0.5) is 0 Å². The summed E-state index contributed by atoms with van der Waals surface area (Å²) in [5, 5.41) is 4.95. The standard InChI is InChI=1S/C26H27NO/c1-4-16-26(3,17-5-2)27-21-12-8-6-11-20(21)24-22(27)15-14-19-18-10-7-9-13-23(18)28-25(19)24/h6-15H,4-5,16-17H2,1-3H3. The van der Waals surface area contributed by atoms with Crippen LogP contribution in [0.1, 0.15) is 46.5 Å². The third kappa shape index (κ3) is 2.33. The van der Waals surface area contributed by atoms with E-state index < -0.39 is 0 Å². The highest BCUT2D eigenvalue weighted by atomic mass is 16.3. The van der Waals surface area contributed by atoms with Crippen molar-refractivity contribution >= 4 is 43.7 Å². The first-order chi connectivity index (χ1) is 13.7. The minimum atomic E-state index is 0.102. The molecule has 3 aromatic carbocycles. The second-order valence-corrected chi connectivity index (χ2v) is 8.28. The molecule has 2 nitrogen and oxygen atoms in total. The minimum Gasteiger partial charge on any atom is -0.455 e. The van der Waals surface area contributed by atoms with Gasteiger partial charge in [0.05, 0.1) is 10.9 Å². The molecule has 2 heteroatoms. The highest BCUT2D eigenvalue weighted by molar-refractivity contribution is 6.23. The van der Waals surface area contributed by atoms with Crippen molar-refractivity contribution < 1.29 is 4.42 Å². The summed E-state index contributed by atoms with van der Waals surface area (Å²) >= 11 is 0. The maximum absolute atomic E-state index is 6.41. The fourth-order valence-electron chi connectivity index (χ4n) is 5.24. The molecule has 0 unspecified atom stereocenters. The van der Waals surface area contributed by atoms with Gasteiger partial charge in [-0.05, 0) is 44.0 Å². The van der Waals surface area contributed by atoms with Crippen molar-refractivity contribution in [2.45, 2.75) is 52.0 Å². The lowest BCUT2D eigenvalue weighted by atomic mass is 9.90. The van der Waals surface area contributed by atoms with Gasteiger partial charge >= 0.3 is 0 Å². The van der Waals surface area contributed by atoms with Crippen molar-refractivity contribution in [3.63, 3.8) is 0 Å². The molecule has 0 aliphatic rings.